The topological polar surface area (TPSA) is 55.6 Å². The Morgan fingerprint density at radius 2 is 2.08 bits per heavy atom. The Morgan fingerprint density at radius 3 is 2.69 bits per heavy atom. The van der Waals surface area contributed by atoms with Crippen molar-refractivity contribution in [3.05, 3.63) is 35.3 Å². The Bertz CT molecular complexity index is 754. The highest BCUT2D eigenvalue weighted by Gasteiger charge is 2.31. The Balaban J connectivity index is 2.24. The molecule has 0 saturated heterocycles. The first-order valence-corrected chi connectivity index (χ1v) is 8.72. The van der Waals surface area contributed by atoms with Gasteiger partial charge in [0.2, 0.25) is 0 Å². The van der Waals surface area contributed by atoms with Gasteiger partial charge in [-0.15, -0.1) is 0 Å². The summed E-state index contributed by atoms with van der Waals surface area (Å²) in [6.45, 7) is 6.66. The quantitative estimate of drug-likeness (QED) is 0.717. The summed E-state index contributed by atoms with van der Waals surface area (Å²) in [7, 11) is 0. The lowest BCUT2D eigenvalue weighted by atomic mass is 10.2. The van der Waals surface area contributed by atoms with E-state index in [4.69, 9.17) is 4.74 Å². The van der Waals surface area contributed by atoms with Gasteiger partial charge in [0.1, 0.15) is 11.3 Å². The fraction of sp³-hybridized carbons (Fsp3) is 0.556. The van der Waals surface area contributed by atoms with E-state index in [0.717, 1.165) is 18.7 Å². The summed E-state index contributed by atoms with van der Waals surface area (Å²) in [6, 6.07) is 2.26. The number of ether oxygens (including phenoxy) is 1. The molecule has 1 N–H and O–H groups in total. The lowest BCUT2D eigenvalue weighted by Crippen LogP contribution is -2.28. The van der Waals surface area contributed by atoms with Crippen LogP contribution in [0.3, 0.4) is 0 Å². The minimum atomic E-state index is -4.48. The van der Waals surface area contributed by atoms with Gasteiger partial charge in [-0.25, -0.2) is 4.98 Å². The van der Waals surface area contributed by atoms with Crippen LogP contribution in [0.4, 0.5) is 13.2 Å². The van der Waals surface area contributed by atoms with E-state index in [9.17, 15) is 18.0 Å². The number of aromatic nitrogens is 2. The molecule has 0 radical (unpaired) electrons. The van der Waals surface area contributed by atoms with Gasteiger partial charge in [0.05, 0.1) is 17.4 Å². The smallest absolute Gasteiger partial charge is 0.379 e. The third kappa shape index (κ3) is 4.97. The normalized spacial score (nSPS) is 12.1. The maximum absolute atomic E-state index is 13.0. The summed E-state index contributed by atoms with van der Waals surface area (Å²) in [5.41, 5.74) is 0.181. The number of imidazole rings is 1. The minimum absolute atomic E-state index is 0.112. The molecule has 26 heavy (non-hydrogen) atoms. The molecule has 0 aromatic carbocycles. The second kappa shape index (κ2) is 8.53. The lowest BCUT2D eigenvalue weighted by molar-refractivity contribution is -0.137. The number of nitrogens with one attached hydrogen (secondary N) is 1. The second-order valence-electron chi connectivity index (χ2n) is 6.33. The molecule has 2 heterocycles. The van der Waals surface area contributed by atoms with Crippen molar-refractivity contribution in [3.8, 4) is 0 Å². The number of aryl methyl sites for hydroxylation is 1. The Labute approximate surface area is 150 Å². The summed E-state index contributed by atoms with van der Waals surface area (Å²) >= 11 is 0. The Kier molecular flexibility index (Phi) is 6.63. The van der Waals surface area contributed by atoms with Crippen LogP contribution in [0.15, 0.2) is 18.3 Å². The molecule has 2 aromatic heterocycles. The van der Waals surface area contributed by atoms with Crippen molar-refractivity contribution in [2.75, 3.05) is 13.2 Å². The van der Waals surface area contributed by atoms with E-state index in [2.05, 4.69) is 10.3 Å². The standard InChI is InChI=1S/C18H24F3N3O2/c1-4-6-14-16(17(25)22-9-5-10-26-12(2)3)24-11-13(18(19,20)21)7-8-15(24)23-14/h7-8,11-12H,4-6,9-10H2,1-3H3,(H,22,25). The van der Waals surface area contributed by atoms with Crippen LogP contribution in [0.25, 0.3) is 5.65 Å². The fourth-order valence-electron chi connectivity index (χ4n) is 2.59. The summed E-state index contributed by atoms with van der Waals surface area (Å²) in [5, 5.41) is 2.75. The van der Waals surface area contributed by atoms with Gasteiger partial charge in [-0.05, 0) is 38.8 Å². The molecule has 8 heteroatoms. The van der Waals surface area contributed by atoms with E-state index in [1.807, 2.05) is 20.8 Å². The zero-order valence-corrected chi connectivity index (χ0v) is 15.2. The SMILES string of the molecule is CCCc1nc2ccc(C(F)(F)F)cn2c1C(=O)NCCCOC(C)C. The number of nitrogens with zero attached hydrogens (tertiary/aromatic N) is 2. The number of alkyl halides is 3. The molecule has 2 rings (SSSR count). The Hall–Kier alpha value is -2.09. The van der Waals surface area contributed by atoms with Gasteiger partial charge < -0.3 is 10.1 Å². The molecule has 0 atom stereocenters. The van der Waals surface area contributed by atoms with Crippen molar-refractivity contribution in [1.82, 2.24) is 14.7 Å². The van der Waals surface area contributed by atoms with E-state index in [0.29, 0.717) is 37.3 Å². The van der Waals surface area contributed by atoms with Gasteiger partial charge in [-0.1, -0.05) is 13.3 Å². The number of hydrogen-bond acceptors (Lipinski definition) is 3. The number of hydrogen-bond donors (Lipinski definition) is 1. The number of halogens is 3. The molecule has 0 aliphatic carbocycles. The van der Waals surface area contributed by atoms with Gasteiger partial charge >= 0.3 is 6.18 Å². The second-order valence-corrected chi connectivity index (χ2v) is 6.33. The number of fused-ring (bicyclic) bond motifs is 1. The van der Waals surface area contributed by atoms with Crippen molar-refractivity contribution in [2.24, 2.45) is 0 Å². The van der Waals surface area contributed by atoms with Crippen molar-refractivity contribution < 1.29 is 22.7 Å². The molecule has 144 valence electrons. The van der Waals surface area contributed by atoms with Gasteiger partial charge in [0.15, 0.2) is 0 Å². The van der Waals surface area contributed by atoms with Crippen LogP contribution in [0.1, 0.15) is 55.4 Å². The van der Waals surface area contributed by atoms with Crippen LogP contribution in [0.2, 0.25) is 0 Å². The molecule has 0 aliphatic heterocycles. The number of carbonyl (C=O) groups excluding carboxylic acids is 1. The monoisotopic (exact) mass is 371 g/mol. The predicted molar refractivity (Wildman–Crippen MR) is 92.2 cm³/mol. The summed E-state index contributed by atoms with van der Waals surface area (Å²) < 4.78 is 45.7. The third-order valence-corrected chi connectivity index (χ3v) is 3.78. The van der Waals surface area contributed by atoms with E-state index in [-0.39, 0.29) is 11.8 Å². The van der Waals surface area contributed by atoms with Crippen LogP contribution < -0.4 is 5.32 Å². The zero-order chi connectivity index (χ0) is 19.3. The van der Waals surface area contributed by atoms with Gasteiger partial charge in [-0.2, -0.15) is 13.2 Å². The van der Waals surface area contributed by atoms with Crippen molar-refractivity contribution >= 4 is 11.6 Å². The molecule has 5 nitrogen and oxygen atoms in total. The molecule has 0 bridgehead atoms. The third-order valence-electron chi connectivity index (χ3n) is 3.78. The Morgan fingerprint density at radius 1 is 1.35 bits per heavy atom. The number of rotatable bonds is 8. The fourth-order valence-corrected chi connectivity index (χ4v) is 2.59. The molecular formula is C18H24F3N3O2. The van der Waals surface area contributed by atoms with E-state index in [1.54, 1.807) is 0 Å². The van der Waals surface area contributed by atoms with E-state index >= 15 is 0 Å². The first kappa shape index (κ1) is 20.2. The average molecular weight is 371 g/mol. The summed E-state index contributed by atoms with van der Waals surface area (Å²) in [6.07, 6.45) is -1.57. The molecule has 2 aromatic rings. The molecule has 0 saturated carbocycles. The van der Waals surface area contributed by atoms with E-state index in [1.165, 1.54) is 10.5 Å². The maximum atomic E-state index is 13.0. The lowest BCUT2D eigenvalue weighted by Gasteiger charge is -2.10. The van der Waals surface area contributed by atoms with E-state index < -0.39 is 17.6 Å². The number of amides is 1. The molecule has 1 amide bonds. The van der Waals surface area contributed by atoms with Gasteiger partial charge in [0.25, 0.3) is 5.91 Å². The summed E-state index contributed by atoms with van der Waals surface area (Å²) in [5.74, 6) is -0.426. The van der Waals surface area contributed by atoms with Crippen LogP contribution in [-0.2, 0) is 17.3 Å². The van der Waals surface area contributed by atoms with Crippen LogP contribution in [-0.4, -0.2) is 34.5 Å². The number of carbonyl (C=O) groups is 1. The molecule has 0 spiro atoms. The zero-order valence-electron chi connectivity index (χ0n) is 15.2. The molecule has 0 aliphatic rings. The van der Waals surface area contributed by atoms with Crippen molar-refractivity contribution in [1.29, 1.82) is 0 Å². The maximum Gasteiger partial charge on any atom is 0.417 e. The highest BCUT2D eigenvalue weighted by atomic mass is 19.4. The van der Waals surface area contributed by atoms with Crippen molar-refractivity contribution in [2.45, 2.75) is 52.3 Å². The van der Waals surface area contributed by atoms with Crippen LogP contribution >= 0.6 is 0 Å². The first-order chi connectivity index (χ1) is 12.2. The summed E-state index contributed by atoms with van der Waals surface area (Å²) in [4.78, 5) is 16.9. The highest BCUT2D eigenvalue weighted by Crippen LogP contribution is 2.30. The van der Waals surface area contributed by atoms with Crippen LogP contribution in [0, 0.1) is 0 Å². The van der Waals surface area contributed by atoms with Gasteiger partial charge in [0, 0.05) is 19.3 Å². The van der Waals surface area contributed by atoms with Crippen molar-refractivity contribution in [3.63, 3.8) is 0 Å². The largest absolute Gasteiger partial charge is 0.417 e. The van der Waals surface area contributed by atoms with Crippen LogP contribution in [0.5, 0.6) is 0 Å². The number of pyridine rings is 1. The molecular weight excluding hydrogens is 347 g/mol. The predicted octanol–water partition coefficient (Wildman–Crippen LogP) is 3.85. The average Bonchev–Trinajstić information content (AvgIpc) is 2.90. The highest BCUT2D eigenvalue weighted by molar-refractivity contribution is 5.94. The first-order valence-electron chi connectivity index (χ1n) is 8.72. The minimum Gasteiger partial charge on any atom is -0.379 e. The molecule has 0 fully saturated rings. The van der Waals surface area contributed by atoms with Gasteiger partial charge in [-0.3, -0.25) is 9.20 Å². The molecule has 0 unspecified atom stereocenters.